The van der Waals surface area contributed by atoms with Gasteiger partial charge in [0.1, 0.15) is 5.01 Å². The Morgan fingerprint density at radius 2 is 1.28 bits per heavy atom. The molecule has 3 heterocycles. The molecular weight excluding hydrogens is 983 g/mol. The van der Waals surface area contributed by atoms with Gasteiger partial charge >= 0.3 is 251 Å². The summed E-state index contributed by atoms with van der Waals surface area (Å²) >= 11 is 7.57. The van der Waals surface area contributed by atoms with Gasteiger partial charge in [0.2, 0.25) is 0 Å². The predicted molar refractivity (Wildman–Crippen MR) is 250 cm³/mol. The van der Waals surface area contributed by atoms with Crippen molar-refractivity contribution in [3.63, 3.8) is 0 Å². The van der Waals surface area contributed by atoms with E-state index in [2.05, 4.69) is 193 Å². The van der Waals surface area contributed by atoms with Crippen molar-refractivity contribution in [3.05, 3.63) is 153 Å². The van der Waals surface area contributed by atoms with Crippen LogP contribution in [0.1, 0.15) is 52.4 Å². The quantitative estimate of drug-likeness (QED) is 0.0560. The van der Waals surface area contributed by atoms with Crippen LogP contribution in [-0.4, -0.2) is 17.0 Å². The van der Waals surface area contributed by atoms with Crippen molar-refractivity contribution in [2.24, 2.45) is 7.05 Å². The first-order valence-corrected chi connectivity index (χ1v) is 24.9. The van der Waals surface area contributed by atoms with Gasteiger partial charge in [0.15, 0.2) is 0 Å². The molecule has 2 atom stereocenters. The number of thiazole rings is 3. The second-order valence-electron chi connectivity index (χ2n) is 14.8. The molecule has 57 heavy (non-hydrogen) atoms. The van der Waals surface area contributed by atoms with E-state index in [-0.39, 0.29) is 21.2 Å². The van der Waals surface area contributed by atoms with E-state index in [0.717, 1.165) is 33.9 Å². The fourth-order valence-electron chi connectivity index (χ4n) is 7.31. The minimum absolute atomic E-state index is 0.205. The number of hydrogen-bond donors (Lipinski definition) is 0. The number of alkyl halides is 1. The third-order valence-electron chi connectivity index (χ3n) is 10.8. The molecule has 9 heteroatoms. The van der Waals surface area contributed by atoms with E-state index < -0.39 is 0 Å². The summed E-state index contributed by atoms with van der Waals surface area (Å²) in [6, 6.07) is 47.6. The fraction of sp³-hybridized carbons (Fsp3) is 0.188. The molecule has 286 valence electrons. The number of benzene rings is 6. The van der Waals surface area contributed by atoms with Crippen LogP contribution in [0.25, 0.3) is 62.4 Å². The number of anilines is 1. The van der Waals surface area contributed by atoms with Crippen LogP contribution in [0.2, 0.25) is 0 Å². The standard InChI is InChI=1S/C48H42I2N4S3/c1-29-6-23-40-43(26-29)55-46(51-40)35-14-12-34(13-15-35)31(3)50-38-20-25-42-45(28-38)57-48(53(42)4)37-16-10-33(11-17-37)30(2)7-8-32-9-24-41-44(27-32)56-47(52-41)36-18-21-39(22-19-36)54(5)49/h6,9-28,30-31H,7-8H2,1-5H3. The number of hydrogen-bond acceptors (Lipinski definition) is 6. The zero-order chi connectivity index (χ0) is 39.2. The van der Waals surface area contributed by atoms with Crippen LogP contribution in [0.15, 0.2) is 127 Å². The van der Waals surface area contributed by atoms with E-state index in [0.29, 0.717) is 9.84 Å². The average molecular weight is 1020 g/mol. The monoisotopic (exact) mass is 1020 g/mol. The van der Waals surface area contributed by atoms with Crippen molar-refractivity contribution in [2.75, 3.05) is 10.2 Å². The number of nitrogens with zero attached hydrogens (tertiary/aromatic N) is 4. The molecule has 0 bridgehead atoms. The Hall–Kier alpha value is -3.75. The van der Waals surface area contributed by atoms with Gasteiger partial charge in [-0.05, 0) is 42.0 Å². The molecular formula is C48H42I2N4S3. The molecule has 0 saturated heterocycles. The Balaban J connectivity index is 0.835. The molecule has 0 saturated carbocycles. The maximum atomic E-state index is 4.94. The first-order valence-electron chi connectivity index (χ1n) is 19.2. The van der Waals surface area contributed by atoms with E-state index in [1.54, 1.807) is 22.7 Å². The molecule has 0 aliphatic carbocycles. The Kier molecular flexibility index (Phi) is 11.2. The molecule has 2 unspecified atom stereocenters. The Morgan fingerprint density at radius 1 is 0.667 bits per heavy atom. The molecule has 0 fully saturated rings. The van der Waals surface area contributed by atoms with Crippen molar-refractivity contribution < 1.29 is 25.8 Å². The summed E-state index contributed by atoms with van der Waals surface area (Å²) in [6.07, 6.45) is 2.16. The second kappa shape index (κ2) is 16.5. The van der Waals surface area contributed by atoms with Crippen LogP contribution in [0.5, 0.6) is 0 Å². The van der Waals surface area contributed by atoms with E-state index in [4.69, 9.17) is 9.97 Å². The summed E-state index contributed by atoms with van der Waals surface area (Å²) in [5.41, 5.74) is 13.8. The normalized spacial score (nSPS) is 12.9. The van der Waals surface area contributed by atoms with Crippen LogP contribution in [0.4, 0.5) is 5.69 Å². The number of aryl methyl sites for hydroxylation is 3. The van der Waals surface area contributed by atoms with Gasteiger partial charge in [-0.1, -0.05) is 6.07 Å². The molecule has 0 radical (unpaired) electrons. The summed E-state index contributed by atoms with van der Waals surface area (Å²) in [7, 11) is 4.27. The van der Waals surface area contributed by atoms with E-state index in [1.807, 2.05) is 11.3 Å². The third-order valence-corrected chi connectivity index (χ3v) is 17.7. The Labute approximate surface area is 371 Å². The van der Waals surface area contributed by atoms with Crippen LogP contribution < -0.4 is 28.9 Å². The summed E-state index contributed by atoms with van der Waals surface area (Å²) < 4.78 is 10.4. The number of rotatable bonds is 11. The fourth-order valence-corrected chi connectivity index (χ4v) is 13.9. The van der Waals surface area contributed by atoms with Gasteiger partial charge < -0.3 is 3.11 Å². The summed E-state index contributed by atoms with van der Waals surface area (Å²) in [5.74, 6) is 0.471. The average Bonchev–Trinajstić information content (AvgIpc) is 3.94. The molecule has 9 rings (SSSR count). The van der Waals surface area contributed by atoms with E-state index >= 15 is 0 Å². The summed E-state index contributed by atoms with van der Waals surface area (Å²) in [5, 5.41) is 3.48. The zero-order valence-electron chi connectivity index (χ0n) is 32.5. The van der Waals surface area contributed by atoms with Gasteiger partial charge in [-0.3, -0.25) is 0 Å². The van der Waals surface area contributed by atoms with Gasteiger partial charge in [0.05, 0.1) is 33.1 Å². The van der Waals surface area contributed by atoms with Gasteiger partial charge in [0.25, 0.3) is 0 Å². The number of halogens is 2. The molecule has 0 aliphatic heterocycles. The predicted octanol–water partition coefficient (Wildman–Crippen LogP) is 10.8. The van der Waals surface area contributed by atoms with E-state index in [9.17, 15) is 0 Å². The van der Waals surface area contributed by atoms with Crippen molar-refractivity contribution in [1.82, 2.24) is 9.97 Å². The molecule has 0 aliphatic rings. The van der Waals surface area contributed by atoms with E-state index in [1.165, 1.54) is 72.8 Å². The van der Waals surface area contributed by atoms with Gasteiger partial charge in [-0.2, -0.15) is 0 Å². The minimum atomic E-state index is -0.205. The first kappa shape index (κ1) is 38.8. The van der Waals surface area contributed by atoms with Crippen LogP contribution in [-0.2, 0) is 13.5 Å². The molecule has 0 amide bonds. The Bertz CT molecular complexity index is 2860. The SMILES string of the molecule is Cc1ccc2nc(-c3ccc(C(C)[I-]c4ccc5c(c4)sc(-c4ccc(C(C)CCc6ccc7nc(-c8ccc(N(C)I)cc8)sc7c6)cc4)[n+]5C)cc3)sc2c1. The van der Waals surface area contributed by atoms with Gasteiger partial charge in [-0.15, -0.1) is 11.3 Å². The molecule has 3 aromatic heterocycles. The zero-order valence-corrected chi connectivity index (χ0v) is 39.2. The van der Waals surface area contributed by atoms with Gasteiger partial charge in [-0.25, -0.2) is 4.98 Å². The van der Waals surface area contributed by atoms with Crippen LogP contribution in [0.3, 0.4) is 0 Å². The van der Waals surface area contributed by atoms with Gasteiger partial charge in [0, 0.05) is 18.3 Å². The molecule has 0 N–H and O–H groups in total. The summed E-state index contributed by atoms with van der Waals surface area (Å²) in [6.45, 7) is 6.89. The van der Waals surface area contributed by atoms with Crippen molar-refractivity contribution in [2.45, 2.75) is 43.5 Å². The number of fused-ring (bicyclic) bond motifs is 3. The molecule has 9 aromatic rings. The summed E-state index contributed by atoms with van der Waals surface area (Å²) in [4.78, 5) is 9.84. The van der Waals surface area contributed by atoms with Crippen LogP contribution in [0, 0.1) is 10.5 Å². The number of aromatic nitrogens is 3. The molecule has 4 nitrogen and oxygen atoms in total. The molecule has 0 spiro atoms. The molecule has 6 aromatic carbocycles. The Morgan fingerprint density at radius 3 is 1.96 bits per heavy atom. The second-order valence-corrected chi connectivity index (χ2v) is 23.1. The van der Waals surface area contributed by atoms with Crippen LogP contribution >= 0.6 is 56.9 Å². The topological polar surface area (TPSA) is 32.9 Å². The van der Waals surface area contributed by atoms with Crippen molar-refractivity contribution >= 4 is 93.2 Å². The third kappa shape index (κ3) is 8.28. The van der Waals surface area contributed by atoms with Crippen molar-refractivity contribution in [3.8, 4) is 31.7 Å². The maximum absolute atomic E-state index is 4.94. The first-order chi connectivity index (χ1) is 27.6. The van der Waals surface area contributed by atoms with Crippen molar-refractivity contribution in [1.29, 1.82) is 0 Å².